The van der Waals surface area contributed by atoms with Crippen molar-refractivity contribution in [2.45, 2.75) is 66.2 Å². The van der Waals surface area contributed by atoms with Crippen LogP contribution in [0.5, 0.6) is 0 Å². The maximum absolute atomic E-state index is 11.8. The molecule has 4 heteroatoms. The van der Waals surface area contributed by atoms with E-state index in [9.17, 15) is 4.79 Å². The van der Waals surface area contributed by atoms with E-state index in [1.54, 1.807) is 0 Å². The maximum atomic E-state index is 11.8. The first kappa shape index (κ1) is 19.5. The number of rotatable bonds is 7. The van der Waals surface area contributed by atoms with Gasteiger partial charge in [0.2, 0.25) is 0 Å². The smallest absolute Gasteiger partial charge is 0.407 e. The average molecular weight is 320 g/mol. The highest BCUT2D eigenvalue weighted by Crippen LogP contribution is 2.09. The molecule has 0 aliphatic rings. The van der Waals surface area contributed by atoms with Crippen LogP contribution in [0.2, 0.25) is 0 Å². The number of alkyl carbamates (subject to hydrolysis) is 1. The highest BCUT2D eigenvalue weighted by Gasteiger charge is 2.18. The third-order valence-electron chi connectivity index (χ3n) is 3.67. The van der Waals surface area contributed by atoms with Crippen LogP contribution in [0.15, 0.2) is 24.3 Å². The maximum Gasteiger partial charge on any atom is 0.407 e. The molecule has 0 saturated heterocycles. The Balaban J connectivity index is 2.47. The van der Waals surface area contributed by atoms with Crippen LogP contribution < -0.4 is 10.6 Å². The molecule has 0 aliphatic heterocycles. The fourth-order valence-corrected chi connectivity index (χ4v) is 2.19. The molecule has 0 aromatic heterocycles. The third kappa shape index (κ3) is 8.03. The molecule has 0 radical (unpaired) electrons. The van der Waals surface area contributed by atoms with Crippen LogP contribution in [0.1, 0.15) is 52.7 Å². The van der Waals surface area contributed by atoms with Crippen LogP contribution in [0.4, 0.5) is 4.79 Å². The lowest BCUT2D eigenvalue weighted by Crippen LogP contribution is -2.45. The van der Waals surface area contributed by atoms with Crippen LogP contribution >= 0.6 is 0 Å². The van der Waals surface area contributed by atoms with Gasteiger partial charge in [-0.05, 0) is 44.2 Å². The Hall–Kier alpha value is -1.55. The molecule has 4 nitrogen and oxygen atoms in total. The predicted octanol–water partition coefficient (Wildman–Crippen LogP) is 3.89. The zero-order chi connectivity index (χ0) is 17.5. The van der Waals surface area contributed by atoms with Crippen molar-refractivity contribution in [2.75, 3.05) is 6.54 Å². The van der Waals surface area contributed by atoms with Crippen molar-refractivity contribution in [3.8, 4) is 0 Å². The van der Waals surface area contributed by atoms with Crippen molar-refractivity contribution in [3.05, 3.63) is 35.4 Å². The highest BCUT2D eigenvalue weighted by atomic mass is 16.6. The molecule has 0 spiro atoms. The first-order chi connectivity index (χ1) is 10.7. The normalized spacial score (nSPS) is 13.0. The Morgan fingerprint density at radius 1 is 1.13 bits per heavy atom. The van der Waals surface area contributed by atoms with E-state index in [0.29, 0.717) is 12.5 Å². The second kappa shape index (κ2) is 8.92. The van der Waals surface area contributed by atoms with Gasteiger partial charge in [-0.15, -0.1) is 0 Å². The van der Waals surface area contributed by atoms with Gasteiger partial charge in [0.1, 0.15) is 5.60 Å². The summed E-state index contributed by atoms with van der Waals surface area (Å²) in [5, 5.41) is 6.37. The van der Waals surface area contributed by atoms with Crippen molar-refractivity contribution in [2.24, 2.45) is 5.92 Å². The van der Waals surface area contributed by atoms with E-state index in [0.717, 1.165) is 13.0 Å². The first-order valence-electron chi connectivity index (χ1n) is 8.49. The Bertz CT molecular complexity index is 475. The summed E-state index contributed by atoms with van der Waals surface area (Å²) in [6.45, 7) is 13.4. The largest absolute Gasteiger partial charge is 0.444 e. The molecule has 1 aromatic carbocycles. The molecule has 0 bridgehead atoms. The summed E-state index contributed by atoms with van der Waals surface area (Å²) in [4.78, 5) is 11.8. The summed E-state index contributed by atoms with van der Waals surface area (Å²) in [5.41, 5.74) is 2.14. The highest BCUT2D eigenvalue weighted by molar-refractivity contribution is 5.67. The lowest BCUT2D eigenvalue weighted by molar-refractivity contribution is 0.0519. The molecule has 0 fully saturated rings. The van der Waals surface area contributed by atoms with Gasteiger partial charge in [-0.2, -0.15) is 0 Å². The zero-order valence-corrected chi connectivity index (χ0v) is 15.4. The second-order valence-electron chi connectivity index (χ2n) is 7.28. The number of hydrogen-bond donors (Lipinski definition) is 2. The fourth-order valence-electron chi connectivity index (χ4n) is 2.19. The van der Waals surface area contributed by atoms with Crippen molar-refractivity contribution in [1.29, 1.82) is 0 Å². The minimum atomic E-state index is -0.466. The number of aryl methyl sites for hydroxylation is 1. The number of hydrogen-bond acceptors (Lipinski definition) is 3. The van der Waals surface area contributed by atoms with Gasteiger partial charge < -0.3 is 15.4 Å². The fraction of sp³-hybridized carbons (Fsp3) is 0.632. The lowest BCUT2D eigenvalue weighted by atomic mass is 10.0. The van der Waals surface area contributed by atoms with Gasteiger partial charge in [0.05, 0.1) is 0 Å². The molecule has 1 rings (SSSR count). The molecule has 1 amide bonds. The molecule has 130 valence electrons. The Kier molecular flexibility index (Phi) is 7.56. The van der Waals surface area contributed by atoms with Crippen molar-refractivity contribution in [3.63, 3.8) is 0 Å². The van der Waals surface area contributed by atoms with Gasteiger partial charge in [0, 0.05) is 19.1 Å². The second-order valence-corrected chi connectivity index (χ2v) is 7.28. The van der Waals surface area contributed by atoms with Crippen molar-refractivity contribution < 1.29 is 9.53 Å². The topological polar surface area (TPSA) is 50.4 Å². The molecule has 2 N–H and O–H groups in total. The minimum Gasteiger partial charge on any atom is -0.444 e. The van der Waals surface area contributed by atoms with Crippen LogP contribution in [0, 0.1) is 5.92 Å². The summed E-state index contributed by atoms with van der Waals surface area (Å²) >= 11 is 0. The summed E-state index contributed by atoms with van der Waals surface area (Å²) in [6.07, 6.45) is 0.694. The predicted molar refractivity (Wildman–Crippen MR) is 95.5 cm³/mol. The van der Waals surface area contributed by atoms with E-state index in [1.165, 1.54) is 11.1 Å². The molecule has 1 unspecified atom stereocenters. The standard InChI is InChI=1S/C19H32N2O2/c1-7-15-8-10-16(11-9-15)12-20-17(14(2)3)13-21-18(22)23-19(4,5)6/h8-11,14,17,20H,7,12-13H2,1-6H3,(H,21,22). The Morgan fingerprint density at radius 2 is 1.70 bits per heavy atom. The first-order valence-corrected chi connectivity index (χ1v) is 8.49. The van der Waals surface area contributed by atoms with E-state index in [4.69, 9.17) is 4.74 Å². The average Bonchev–Trinajstić information content (AvgIpc) is 2.45. The van der Waals surface area contributed by atoms with Crippen LogP contribution in [-0.2, 0) is 17.7 Å². The van der Waals surface area contributed by atoms with Crippen LogP contribution in [0.3, 0.4) is 0 Å². The molecule has 1 atom stereocenters. The Morgan fingerprint density at radius 3 is 2.17 bits per heavy atom. The number of carbonyl (C=O) groups is 1. The summed E-state index contributed by atoms with van der Waals surface area (Å²) in [6, 6.07) is 8.85. The van der Waals surface area contributed by atoms with Gasteiger partial charge >= 0.3 is 6.09 Å². The summed E-state index contributed by atoms with van der Waals surface area (Å²) in [5.74, 6) is 0.417. The number of amides is 1. The molecule has 1 aromatic rings. The molecule has 0 saturated carbocycles. The van der Waals surface area contributed by atoms with Gasteiger partial charge in [-0.1, -0.05) is 45.0 Å². The van der Waals surface area contributed by atoms with Crippen molar-refractivity contribution in [1.82, 2.24) is 10.6 Å². The van der Waals surface area contributed by atoms with E-state index >= 15 is 0 Å². The van der Waals surface area contributed by atoms with E-state index in [-0.39, 0.29) is 12.1 Å². The quantitative estimate of drug-likeness (QED) is 0.801. The van der Waals surface area contributed by atoms with E-state index < -0.39 is 5.60 Å². The van der Waals surface area contributed by atoms with E-state index in [2.05, 4.69) is 55.7 Å². The van der Waals surface area contributed by atoms with E-state index in [1.807, 2.05) is 20.8 Å². The third-order valence-corrected chi connectivity index (χ3v) is 3.67. The number of benzene rings is 1. The molecule has 0 heterocycles. The molecular formula is C19H32N2O2. The van der Waals surface area contributed by atoms with Gasteiger partial charge in [-0.25, -0.2) is 4.79 Å². The van der Waals surface area contributed by atoms with Crippen molar-refractivity contribution >= 4 is 6.09 Å². The summed E-state index contributed by atoms with van der Waals surface area (Å²) in [7, 11) is 0. The van der Waals surface area contributed by atoms with Gasteiger partial charge in [0.15, 0.2) is 0 Å². The molecule has 23 heavy (non-hydrogen) atoms. The molecular weight excluding hydrogens is 288 g/mol. The number of nitrogens with one attached hydrogen (secondary N) is 2. The zero-order valence-electron chi connectivity index (χ0n) is 15.4. The SMILES string of the molecule is CCc1ccc(CNC(CNC(=O)OC(C)(C)C)C(C)C)cc1. The lowest BCUT2D eigenvalue weighted by Gasteiger charge is -2.25. The van der Waals surface area contributed by atoms with Crippen LogP contribution in [0.25, 0.3) is 0 Å². The summed E-state index contributed by atoms with van der Waals surface area (Å²) < 4.78 is 5.28. The monoisotopic (exact) mass is 320 g/mol. The number of ether oxygens (including phenoxy) is 1. The minimum absolute atomic E-state index is 0.202. The van der Waals surface area contributed by atoms with Gasteiger partial charge in [0.25, 0.3) is 0 Å². The Labute approximate surface area is 141 Å². The number of carbonyl (C=O) groups excluding carboxylic acids is 1. The van der Waals surface area contributed by atoms with Gasteiger partial charge in [-0.3, -0.25) is 0 Å². The molecule has 0 aliphatic carbocycles. The van der Waals surface area contributed by atoms with Crippen LogP contribution in [-0.4, -0.2) is 24.3 Å².